The highest BCUT2D eigenvalue weighted by Gasteiger charge is 2.36. The molecule has 0 radical (unpaired) electrons. The van der Waals surface area contributed by atoms with Gasteiger partial charge in [-0.3, -0.25) is 4.79 Å². The molecule has 2 aromatic rings. The lowest BCUT2D eigenvalue weighted by atomic mass is 9.71. The molecule has 0 spiro atoms. The van der Waals surface area contributed by atoms with Crippen molar-refractivity contribution in [1.29, 1.82) is 0 Å². The third-order valence-electron chi connectivity index (χ3n) is 3.97. The van der Waals surface area contributed by atoms with E-state index < -0.39 is 17.3 Å². The van der Waals surface area contributed by atoms with Crippen LogP contribution >= 0.6 is 0 Å². The number of carboxylic acid groups (broad SMARTS) is 1. The molecule has 2 nitrogen and oxygen atoms in total. The van der Waals surface area contributed by atoms with E-state index in [0.29, 0.717) is 6.42 Å². The summed E-state index contributed by atoms with van der Waals surface area (Å²) in [6.07, 6.45) is 0.540. The van der Waals surface area contributed by atoms with Gasteiger partial charge in [0.25, 0.3) is 0 Å². The molecule has 0 fully saturated rings. The molecule has 2 heteroatoms. The molecule has 0 aliphatic rings. The molecule has 2 aromatic carbocycles. The van der Waals surface area contributed by atoms with Crippen molar-refractivity contribution in [2.75, 3.05) is 0 Å². The first kappa shape index (κ1) is 14.3. The lowest BCUT2D eigenvalue weighted by molar-refractivity contribution is -0.144. The van der Waals surface area contributed by atoms with Crippen molar-refractivity contribution in [3.63, 3.8) is 0 Å². The summed E-state index contributed by atoms with van der Waals surface area (Å²) in [5, 5.41) is 9.63. The Kier molecular flexibility index (Phi) is 4.23. The smallest absolute Gasteiger partial charge is 0.307 e. The van der Waals surface area contributed by atoms with E-state index in [1.165, 1.54) is 0 Å². The summed E-state index contributed by atoms with van der Waals surface area (Å²) in [7, 11) is 0. The molecule has 0 unspecified atom stereocenters. The topological polar surface area (TPSA) is 37.3 Å². The molecule has 1 atom stereocenters. The first-order valence-electron chi connectivity index (χ1n) is 6.84. The Balaban J connectivity index is 2.31. The van der Waals surface area contributed by atoms with Crippen LogP contribution in [0.5, 0.6) is 0 Å². The van der Waals surface area contributed by atoms with Gasteiger partial charge in [-0.1, -0.05) is 74.5 Å². The summed E-state index contributed by atoms with van der Waals surface area (Å²) >= 11 is 0. The SMILES string of the molecule is CC(C)(c1ccccc1)[C@@H](Cc1ccccc1)C(=O)O. The van der Waals surface area contributed by atoms with Crippen molar-refractivity contribution >= 4 is 5.97 Å². The van der Waals surface area contributed by atoms with Gasteiger partial charge in [0, 0.05) is 5.41 Å². The predicted octanol–water partition coefficient (Wildman–Crippen LogP) is 3.91. The first-order chi connectivity index (χ1) is 9.51. The molecule has 104 valence electrons. The van der Waals surface area contributed by atoms with Crippen LogP contribution in [-0.2, 0) is 16.6 Å². The normalized spacial score (nSPS) is 12.9. The van der Waals surface area contributed by atoms with Crippen molar-refractivity contribution in [1.82, 2.24) is 0 Å². The third kappa shape index (κ3) is 3.08. The molecule has 0 aliphatic heterocycles. The fourth-order valence-corrected chi connectivity index (χ4v) is 2.57. The largest absolute Gasteiger partial charge is 0.481 e. The van der Waals surface area contributed by atoms with E-state index >= 15 is 0 Å². The van der Waals surface area contributed by atoms with E-state index in [2.05, 4.69) is 0 Å². The molecule has 0 bridgehead atoms. The van der Waals surface area contributed by atoms with Gasteiger partial charge >= 0.3 is 5.97 Å². The molecule has 1 N–H and O–H groups in total. The van der Waals surface area contributed by atoms with Crippen LogP contribution in [0.1, 0.15) is 25.0 Å². The van der Waals surface area contributed by atoms with Crippen molar-refractivity contribution < 1.29 is 9.90 Å². The Morgan fingerprint density at radius 3 is 2.00 bits per heavy atom. The van der Waals surface area contributed by atoms with E-state index in [1.807, 2.05) is 74.5 Å². The fourth-order valence-electron chi connectivity index (χ4n) is 2.57. The standard InChI is InChI=1S/C18H20O2/c1-18(2,15-11-7-4-8-12-15)16(17(19)20)13-14-9-5-3-6-10-14/h3-12,16H,13H2,1-2H3,(H,19,20)/t16-/m0/s1. The molecule has 0 aliphatic carbocycles. The van der Waals surface area contributed by atoms with Gasteiger partial charge in [0.15, 0.2) is 0 Å². The van der Waals surface area contributed by atoms with Crippen molar-refractivity contribution in [3.05, 3.63) is 71.8 Å². The maximum absolute atomic E-state index is 11.7. The Morgan fingerprint density at radius 2 is 1.50 bits per heavy atom. The highest BCUT2D eigenvalue weighted by molar-refractivity contribution is 5.72. The fraction of sp³-hybridized carbons (Fsp3) is 0.278. The zero-order chi connectivity index (χ0) is 14.6. The van der Waals surface area contributed by atoms with E-state index in [0.717, 1.165) is 11.1 Å². The average molecular weight is 268 g/mol. The van der Waals surface area contributed by atoms with Gasteiger partial charge in [-0.2, -0.15) is 0 Å². The maximum atomic E-state index is 11.7. The van der Waals surface area contributed by atoms with Gasteiger partial charge in [-0.25, -0.2) is 0 Å². The van der Waals surface area contributed by atoms with Crippen molar-refractivity contribution in [3.8, 4) is 0 Å². The Morgan fingerprint density at radius 1 is 1.00 bits per heavy atom. The minimum Gasteiger partial charge on any atom is -0.481 e. The molecular weight excluding hydrogens is 248 g/mol. The number of aliphatic carboxylic acids is 1. The molecule has 0 amide bonds. The summed E-state index contributed by atoms with van der Waals surface area (Å²) in [6.45, 7) is 4.01. The Labute approximate surface area is 120 Å². The zero-order valence-corrected chi connectivity index (χ0v) is 11.9. The molecule has 0 heterocycles. The lowest BCUT2D eigenvalue weighted by Crippen LogP contribution is -2.36. The molecule has 2 rings (SSSR count). The number of hydrogen-bond acceptors (Lipinski definition) is 1. The van der Waals surface area contributed by atoms with Gasteiger partial charge in [0.1, 0.15) is 0 Å². The van der Waals surface area contributed by atoms with Gasteiger partial charge in [0.05, 0.1) is 5.92 Å². The average Bonchev–Trinajstić information content (AvgIpc) is 2.46. The van der Waals surface area contributed by atoms with Crippen LogP contribution < -0.4 is 0 Å². The minimum absolute atomic E-state index is 0.414. The second kappa shape index (κ2) is 5.91. The van der Waals surface area contributed by atoms with Crippen LogP contribution in [0.2, 0.25) is 0 Å². The maximum Gasteiger partial charge on any atom is 0.307 e. The quantitative estimate of drug-likeness (QED) is 0.892. The number of rotatable bonds is 5. The van der Waals surface area contributed by atoms with Crippen LogP contribution in [0, 0.1) is 5.92 Å². The van der Waals surface area contributed by atoms with Gasteiger partial charge < -0.3 is 5.11 Å². The van der Waals surface area contributed by atoms with Gasteiger partial charge in [-0.15, -0.1) is 0 Å². The molecule has 0 saturated carbocycles. The number of hydrogen-bond donors (Lipinski definition) is 1. The highest BCUT2D eigenvalue weighted by atomic mass is 16.4. The number of carboxylic acids is 1. The van der Waals surface area contributed by atoms with E-state index in [4.69, 9.17) is 0 Å². The van der Waals surface area contributed by atoms with Gasteiger partial charge in [-0.05, 0) is 17.5 Å². The van der Waals surface area contributed by atoms with Crippen LogP contribution in [-0.4, -0.2) is 11.1 Å². The molecular formula is C18H20O2. The van der Waals surface area contributed by atoms with E-state index in [-0.39, 0.29) is 0 Å². The van der Waals surface area contributed by atoms with E-state index in [9.17, 15) is 9.90 Å². The summed E-state index contributed by atoms with van der Waals surface area (Å²) in [5.41, 5.74) is 1.70. The summed E-state index contributed by atoms with van der Waals surface area (Å²) in [5.74, 6) is -1.20. The van der Waals surface area contributed by atoms with Crippen LogP contribution in [0.4, 0.5) is 0 Å². The lowest BCUT2D eigenvalue weighted by Gasteiger charge is -2.32. The molecule has 0 aromatic heterocycles. The predicted molar refractivity (Wildman–Crippen MR) is 80.7 cm³/mol. The number of carbonyl (C=O) groups is 1. The summed E-state index contributed by atoms with van der Waals surface area (Å²) in [6, 6.07) is 19.7. The van der Waals surface area contributed by atoms with Crippen LogP contribution in [0.25, 0.3) is 0 Å². The van der Waals surface area contributed by atoms with Crippen molar-refractivity contribution in [2.45, 2.75) is 25.7 Å². The Hall–Kier alpha value is -2.09. The zero-order valence-electron chi connectivity index (χ0n) is 11.9. The molecule has 0 saturated heterocycles. The second-order valence-electron chi connectivity index (χ2n) is 5.67. The highest BCUT2D eigenvalue weighted by Crippen LogP contribution is 2.34. The van der Waals surface area contributed by atoms with Crippen LogP contribution in [0.15, 0.2) is 60.7 Å². The third-order valence-corrected chi connectivity index (χ3v) is 3.97. The van der Waals surface area contributed by atoms with Crippen LogP contribution in [0.3, 0.4) is 0 Å². The number of benzene rings is 2. The minimum atomic E-state index is -0.747. The first-order valence-corrected chi connectivity index (χ1v) is 6.84. The Bertz CT molecular complexity index is 558. The monoisotopic (exact) mass is 268 g/mol. The molecule has 20 heavy (non-hydrogen) atoms. The summed E-state index contributed by atoms with van der Waals surface area (Å²) in [4.78, 5) is 11.7. The second-order valence-corrected chi connectivity index (χ2v) is 5.67. The van der Waals surface area contributed by atoms with Gasteiger partial charge in [0.2, 0.25) is 0 Å². The summed E-state index contributed by atoms with van der Waals surface area (Å²) < 4.78 is 0. The van der Waals surface area contributed by atoms with E-state index in [1.54, 1.807) is 0 Å². The van der Waals surface area contributed by atoms with Crippen molar-refractivity contribution in [2.24, 2.45) is 5.92 Å².